The number of fused-ring (bicyclic) bond motifs is 2. The molecule has 0 saturated carbocycles. The van der Waals surface area contributed by atoms with E-state index in [4.69, 9.17) is 4.74 Å². The zero-order valence-corrected chi connectivity index (χ0v) is 17.8. The number of amides is 1. The zero-order valence-electron chi connectivity index (χ0n) is 17.0. The smallest absolute Gasteiger partial charge is 0.262 e. The van der Waals surface area contributed by atoms with Crippen molar-refractivity contribution < 1.29 is 9.53 Å². The lowest BCUT2D eigenvalue weighted by Crippen LogP contribution is -2.16. The van der Waals surface area contributed by atoms with E-state index in [9.17, 15) is 9.59 Å². The Morgan fingerprint density at radius 3 is 2.84 bits per heavy atom. The van der Waals surface area contributed by atoms with Crippen molar-refractivity contribution >= 4 is 43.6 Å². The van der Waals surface area contributed by atoms with Gasteiger partial charge < -0.3 is 15.0 Å². The number of carbonyl (C=O) groups is 1. The van der Waals surface area contributed by atoms with Crippen molar-refractivity contribution in [1.29, 1.82) is 0 Å². The molecule has 2 N–H and O–H groups in total. The molecule has 0 saturated heterocycles. The van der Waals surface area contributed by atoms with Crippen LogP contribution in [0, 0.1) is 0 Å². The van der Waals surface area contributed by atoms with Gasteiger partial charge in [-0.3, -0.25) is 9.59 Å². The third-order valence-electron chi connectivity index (χ3n) is 4.92. The second kappa shape index (κ2) is 8.23. The van der Waals surface area contributed by atoms with Crippen LogP contribution in [0.2, 0.25) is 0 Å². The second-order valence-electron chi connectivity index (χ2n) is 7.04. The van der Waals surface area contributed by atoms with Crippen LogP contribution in [0.25, 0.3) is 26.9 Å². The highest BCUT2D eigenvalue weighted by Crippen LogP contribution is 2.29. The van der Waals surface area contributed by atoms with Crippen LogP contribution in [-0.4, -0.2) is 37.7 Å². The summed E-state index contributed by atoms with van der Waals surface area (Å²) < 4.78 is 7.76. The predicted molar refractivity (Wildman–Crippen MR) is 123 cm³/mol. The van der Waals surface area contributed by atoms with E-state index in [1.807, 2.05) is 48.5 Å². The number of methoxy groups -OCH3 is 1. The molecule has 3 heterocycles. The van der Waals surface area contributed by atoms with E-state index in [0.29, 0.717) is 22.0 Å². The number of nitrogens with zero attached hydrogens (tertiary/aromatic N) is 4. The number of aromatic amines is 1. The lowest BCUT2D eigenvalue weighted by Gasteiger charge is -2.05. The molecule has 9 nitrogen and oxygen atoms in total. The Hall–Kier alpha value is -4.05. The van der Waals surface area contributed by atoms with Gasteiger partial charge in [-0.25, -0.2) is 14.6 Å². The van der Waals surface area contributed by atoms with E-state index >= 15 is 0 Å². The molecule has 5 aromatic rings. The first-order valence-corrected chi connectivity index (χ1v) is 10.7. The van der Waals surface area contributed by atoms with Gasteiger partial charge in [-0.15, -0.1) is 0 Å². The summed E-state index contributed by atoms with van der Waals surface area (Å²) in [5.74, 6) is 0.943. The summed E-state index contributed by atoms with van der Waals surface area (Å²) in [5, 5.41) is 8.01. The molecular formula is C22H18N6O3S. The number of benzene rings is 2. The summed E-state index contributed by atoms with van der Waals surface area (Å²) in [5.41, 5.74) is 1.76. The molecule has 5 rings (SSSR count). The summed E-state index contributed by atoms with van der Waals surface area (Å²) in [6.07, 6.45) is 1.91. The zero-order chi connectivity index (χ0) is 22.1. The van der Waals surface area contributed by atoms with Crippen molar-refractivity contribution in [1.82, 2.24) is 24.7 Å². The van der Waals surface area contributed by atoms with Gasteiger partial charge in [0.2, 0.25) is 5.91 Å². The first kappa shape index (κ1) is 19.9. The number of hydrogen-bond donors (Lipinski definition) is 2. The van der Waals surface area contributed by atoms with E-state index in [-0.39, 0.29) is 24.3 Å². The Morgan fingerprint density at radius 1 is 1.19 bits per heavy atom. The lowest BCUT2D eigenvalue weighted by atomic mass is 10.2. The third-order valence-corrected chi connectivity index (χ3v) is 5.85. The highest BCUT2D eigenvalue weighted by molar-refractivity contribution is 7.22. The van der Waals surface area contributed by atoms with Crippen molar-refractivity contribution in [3.63, 3.8) is 0 Å². The SMILES string of the molecule is COc1ccc2nc(NC(=O)CCc3nc4c(cnn4-c4ccccc4)c(=O)[nH]3)sc2c1. The molecule has 0 fully saturated rings. The summed E-state index contributed by atoms with van der Waals surface area (Å²) in [6.45, 7) is 0. The summed E-state index contributed by atoms with van der Waals surface area (Å²) >= 11 is 1.37. The molecule has 1 amide bonds. The van der Waals surface area contributed by atoms with Crippen LogP contribution in [0.5, 0.6) is 5.75 Å². The monoisotopic (exact) mass is 446 g/mol. The molecule has 10 heteroatoms. The standard InChI is InChI=1S/C22H18N6O3S/c1-31-14-7-8-16-17(11-14)32-22(24-16)27-19(29)10-9-18-25-20-15(21(30)26-18)12-23-28(20)13-5-3-2-4-6-13/h2-8,11-12H,9-10H2,1H3,(H,24,27,29)(H,25,26,30). The van der Waals surface area contributed by atoms with E-state index < -0.39 is 0 Å². The summed E-state index contributed by atoms with van der Waals surface area (Å²) in [4.78, 5) is 36.6. The number of ether oxygens (including phenoxy) is 1. The number of aryl methyl sites for hydroxylation is 1. The topological polar surface area (TPSA) is 115 Å². The van der Waals surface area contributed by atoms with Crippen LogP contribution in [0.3, 0.4) is 0 Å². The number of H-pyrrole nitrogens is 1. The third kappa shape index (κ3) is 3.83. The van der Waals surface area contributed by atoms with Gasteiger partial charge in [0.15, 0.2) is 10.8 Å². The van der Waals surface area contributed by atoms with Crippen LogP contribution in [0.1, 0.15) is 12.2 Å². The summed E-state index contributed by atoms with van der Waals surface area (Å²) in [6, 6.07) is 15.0. The van der Waals surface area contributed by atoms with Gasteiger partial charge in [0.05, 0.1) is 29.2 Å². The Balaban J connectivity index is 1.32. The number of aromatic nitrogens is 5. The normalized spacial score (nSPS) is 11.2. The first-order valence-electron chi connectivity index (χ1n) is 9.87. The number of carbonyl (C=O) groups excluding carboxylic acids is 1. The van der Waals surface area contributed by atoms with E-state index in [0.717, 1.165) is 21.7 Å². The maximum Gasteiger partial charge on any atom is 0.262 e. The molecule has 32 heavy (non-hydrogen) atoms. The molecule has 3 aromatic heterocycles. The van der Waals surface area contributed by atoms with Gasteiger partial charge >= 0.3 is 0 Å². The fourth-order valence-corrected chi connectivity index (χ4v) is 4.25. The molecule has 0 bridgehead atoms. The van der Waals surface area contributed by atoms with Gasteiger partial charge in [-0.2, -0.15) is 5.10 Å². The number of nitrogens with one attached hydrogen (secondary N) is 2. The van der Waals surface area contributed by atoms with Gasteiger partial charge in [-0.05, 0) is 30.3 Å². The maximum absolute atomic E-state index is 12.5. The Kier molecular flexibility index (Phi) is 5.12. The Bertz CT molecular complexity index is 1490. The maximum atomic E-state index is 12.5. The van der Waals surface area contributed by atoms with Crippen molar-refractivity contribution in [2.45, 2.75) is 12.8 Å². The van der Waals surface area contributed by atoms with Gasteiger partial charge in [0.25, 0.3) is 5.56 Å². The highest BCUT2D eigenvalue weighted by Gasteiger charge is 2.13. The number of rotatable bonds is 6. The highest BCUT2D eigenvalue weighted by atomic mass is 32.1. The van der Waals surface area contributed by atoms with Crippen molar-refractivity contribution in [2.24, 2.45) is 0 Å². The van der Waals surface area contributed by atoms with Crippen LogP contribution in [0.4, 0.5) is 5.13 Å². The molecule has 0 radical (unpaired) electrons. The van der Waals surface area contributed by atoms with E-state index in [2.05, 4.69) is 25.4 Å². The predicted octanol–water partition coefficient (Wildman–Crippen LogP) is 3.30. The van der Waals surface area contributed by atoms with Crippen molar-refractivity contribution in [3.05, 3.63) is 70.9 Å². The van der Waals surface area contributed by atoms with E-state index in [1.165, 1.54) is 17.5 Å². The fourth-order valence-electron chi connectivity index (χ4n) is 3.34. The number of hydrogen-bond acceptors (Lipinski definition) is 7. The van der Waals surface area contributed by atoms with Crippen LogP contribution < -0.4 is 15.6 Å². The number of para-hydroxylation sites is 1. The van der Waals surface area contributed by atoms with Gasteiger partial charge in [0, 0.05) is 12.8 Å². The largest absolute Gasteiger partial charge is 0.497 e. The van der Waals surface area contributed by atoms with Crippen molar-refractivity contribution in [3.8, 4) is 11.4 Å². The number of thiazole rings is 1. The molecule has 0 aliphatic carbocycles. The van der Waals surface area contributed by atoms with Gasteiger partial charge in [0.1, 0.15) is 17.0 Å². The molecule has 0 spiro atoms. The molecule has 2 aromatic carbocycles. The van der Waals surface area contributed by atoms with Crippen LogP contribution in [-0.2, 0) is 11.2 Å². The molecule has 160 valence electrons. The Morgan fingerprint density at radius 2 is 2.03 bits per heavy atom. The van der Waals surface area contributed by atoms with Gasteiger partial charge in [-0.1, -0.05) is 29.5 Å². The fraction of sp³-hybridized carbons (Fsp3) is 0.136. The minimum Gasteiger partial charge on any atom is -0.497 e. The molecule has 0 aliphatic rings. The molecule has 0 unspecified atom stereocenters. The van der Waals surface area contributed by atoms with Crippen LogP contribution >= 0.6 is 11.3 Å². The average molecular weight is 446 g/mol. The summed E-state index contributed by atoms with van der Waals surface area (Å²) in [7, 11) is 1.60. The average Bonchev–Trinajstić information content (AvgIpc) is 3.41. The molecule has 0 atom stereocenters. The first-order chi connectivity index (χ1) is 15.6. The minimum atomic E-state index is -0.285. The second-order valence-corrected chi connectivity index (χ2v) is 8.07. The van der Waals surface area contributed by atoms with Crippen LogP contribution in [0.15, 0.2) is 59.5 Å². The quantitative estimate of drug-likeness (QED) is 0.414. The lowest BCUT2D eigenvalue weighted by molar-refractivity contribution is -0.116. The van der Waals surface area contributed by atoms with E-state index in [1.54, 1.807) is 11.8 Å². The molecular weight excluding hydrogens is 428 g/mol. The molecule has 0 aliphatic heterocycles. The number of anilines is 1. The minimum absolute atomic E-state index is 0.146. The Labute approximate surface area is 185 Å². The van der Waals surface area contributed by atoms with Crippen molar-refractivity contribution in [2.75, 3.05) is 12.4 Å².